The van der Waals surface area contributed by atoms with Gasteiger partial charge >= 0.3 is 18.4 Å². The number of carbonyl (C=O) groups excluding carboxylic acids is 2. The van der Waals surface area contributed by atoms with Crippen LogP contribution in [0.1, 0.15) is 82.6 Å². The maximum absolute atomic E-state index is 14.6. The van der Waals surface area contributed by atoms with Crippen LogP contribution in [0.25, 0.3) is 0 Å². The van der Waals surface area contributed by atoms with Crippen molar-refractivity contribution < 1.29 is 54.9 Å². The number of nitrogens with one attached hydrogen (secondary N) is 1. The Morgan fingerprint density at radius 1 is 0.935 bits per heavy atom. The first-order valence-corrected chi connectivity index (χ1v) is 15.1. The number of imide groups is 1. The lowest BCUT2D eigenvalue weighted by Gasteiger charge is -2.33. The first-order chi connectivity index (χ1) is 21.3. The Balaban J connectivity index is 1.74. The lowest BCUT2D eigenvalue weighted by Crippen LogP contribution is -2.54. The molecule has 0 bridgehead atoms. The number of hydrogen-bond acceptors (Lipinski definition) is 5. The second-order valence-electron chi connectivity index (χ2n) is 11.7. The van der Waals surface area contributed by atoms with E-state index in [0.717, 1.165) is 11.0 Å². The van der Waals surface area contributed by atoms with Gasteiger partial charge in [-0.25, -0.2) is 9.18 Å². The Bertz CT molecular complexity index is 1370. The van der Waals surface area contributed by atoms with Gasteiger partial charge in [0.25, 0.3) is 11.5 Å². The summed E-state index contributed by atoms with van der Waals surface area (Å²) in [4.78, 5) is 27.0. The van der Waals surface area contributed by atoms with Crippen molar-refractivity contribution in [2.75, 3.05) is 13.2 Å². The van der Waals surface area contributed by atoms with E-state index in [1.54, 1.807) is 27.7 Å². The highest BCUT2D eigenvalue weighted by atomic mass is 19.4. The van der Waals surface area contributed by atoms with Crippen molar-refractivity contribution in [3.63, 3.8) is 0 Å². The number of urea groups is 1. The molecule has 7 nitrogen and oxygen atoms in total. The predicted molar refractivity (Wildman–Crippen MR) is 155 cm³/mol. The van der Waals surface area contributed by atoms with Crippen LogP contribution in [0.5, 0.6) is 11.5 Å². The third-order valence-corrected chi connectivity index (χ3v) is 7.69. The molecule has 2 N–H and O–H groups in total. The Morgan fingerprint density at radius 3 is 1.98 bits per heavy atom. The first kappa shape index (κ1) is 36.9. The molecule has 46 heavy (non-hydrogen) atoms. The quantitative estimate of drug-likeness (QED) is 0.124. The van der Waals surface area contributed by atoms with Gasteiger partial charge in [-0.1, -0.05) is 32.8 Å². The molecule has 2 aromatic rings. The zero-order chi connectivity index (χ0) is 34.7. The third kappa shape index (κ3) is 7.37. The van der Waals surface area contributed by atoms with E-state index in [9.17, 15) is 45.4 Å². The minimum atomic E-state index is -6.02. The van der Waals surface area contributed by atoms with Crippen molar-refractivity contribution in [3.8, 4) is 11.5 Å². The molecule has 0 saturated carbocycles. The van der Waals surface area contributed by atoms with Crippen molar-refractivity contribution in [3.05, 3.63) is 58.4 Å². The summed E-state index contributed by atoms with van der Waals surface area (Å²) in [5, 5.41) is 12.6. The van der Waals surface area contributed by atoms with Gasteiger partial charge in [-0.3, -0.25) is 9.69 Å². The Labute approximate surface area is 263 Å². The monoisotopic (exact) mass is 664 g/mol. The largest absolute Gasteiger partial charge is 0.493 e. The molecule has 2 aromatic carbocycles. The van der Waals surface area contributed by atoms with Crippen LogP contribution in [0.4, 0.5) is 35.5 Å². The maximum Gasteiger partial charge on any atom is 0.430 e. The van der Waals surface area contributed by atoms with Gasteiger partial charge in [0.1, 0.15) is 11.3 Å². The summed E-state index contributed by atoms with van der Waals surface area (Å²) >= 11 is 0. The van der Waals surface area contributed by atoms with Crippen molar-refractivity contribution in [2.45, 2.75) is 103 Å². The second kappa shape index (κ2) is 14.1. The number of unbranched alkanes of at least 4 members (excludes halogenated alkanes) is 1. The summed E-state index contributed by atoms with van der Waals surface area (Å²) in [7, 11) is 0. The predicted octanol–water partition coefficient (Wildman–Crippen LogP) is 7.46. The number of aliphatic hydroxyl groups is 1. The van der Waals surface area contributed by atoms with Gasteiger partial charge in [0.2, 0.25) is 0 Å². The summed E-state index contributed by atoms with van der Waals surface area (Å²) in [5.74, 6) is -1.13. The average molecular weight is 665 g/mol. The van der Waals surface area contributed by atoms with Crippen LogP contribution < -0.4 is 14.8 Å². The number of hydrogen-bond donors (Lipinski definition) is 2. The molecule has 1 fully saturated rings. The molecule has 1 aliphatic heterocycles. The number of ether oxygens (including phenoxy) is 2. The zero-order valence-corrected chi connectivity index (χ0v) is 26.3. The molecule has 1 atom stereocenters. The van der Waals surface area contributed by atoms with Crippen LogP contribution in [0.2, 0.25) is 0 Å². The maximum atomic E-state index is 14.6. The molecule has 1 saturated heterocycles. The topological polar surface area (TPSA) is 88.1 Å². The molecular formula is C32H39F7N2O5. The zero-order valence-electron chi connectivity index (χ0n) is 26.3. The van der Waals surface area contributed by atoms with Crippen molar-refractivity contribution in [1.82, 2.24) is 10.2 Å². The van der Waals surface area contributed by atoms with Gasteiger partial charge in [-0.2, -0.15) is 26.3 Å². The van der Waals surface area contributed by atoms with Gasteiger partial charge in [0, 0.05) is 12.1 Å². The summed E-state index contributed by atoms with van der Waals surface area (Å²) < 4.78 is 108. The molecule has 256 valence electrons. The van der Waals surface area contributed by atoms with Crippen LogP contribution in [0.15, 0.2) is 30.3 Å². The molecule has 1 heterocycles. The summed E-state index contributed by atoms with van der Waals surface area (Å²) in [6.45, 7) is 8.29. The summed E-state index contributed by atoms with van der Waals surface area (Å²) in [6, 6.07) is 4.71. The van der Waals surface area contributed by atoms with E-state index < -0.39 is 46.8 Å². The lowest BCUT2D eigenvalue weighted by molar-refractivity contribution is -0.376. The van der Waals surface area contributed by atoms with E-state index in [4.69, 9.17) is 9.47 Å². The number of carbonyl (C=O) groups is 2. The first-order valence-electron chi connectivity index (χ1n) is 15.1. The fourth-order valence-corrected chi connectivity index (χ4v) is 5.35. The van der Waals surface area contributed by atoms with Crippen LogP contribution in [0.3, 0.4) is 0 Å². The molecule has 0 aromatic heterocycles. The fraction of sp³-hybridized carbons (Fsp3) is 0.562. The molecule has 0 aliphatic carbocycles. The molecule has 0 spiro atoms. The number of benzene rings is 2. The number of nitrogens with zero attached hydrogens (tertiary/aromatic N) is 1. The van der Waals surface area contributed by atoms with Gasteiger partial charge in [0.15, 0.2) is 11.6 Å². The Hall–Kier alpha value is -3.55. The average Bonchev–Trinajstić information content (AvgIpc) is 3.16. The number of amides is 3. The standard InChI is InChI=1S/C32H39F7N2O5/c1-6-10-20-16-23(30(44,31(34,35)36)32(37,38)39)17-21(11-7-2)26(20)45-15-9-8-14-41-27(42)29(5,40-28(41)43)22-12-13-25(24(33)18-22)46-19(3)4/h12-13,16-19,44H,6-11,14-15H2,1-5H3,(H,40,43). The normalized spacial score (nSPS) is 17.6. The Kier molecular flexibility index (Phi) is 11.3. The van der Waals surface area contributed by atoms with E-state index in [1.165, 1.54) is 19.1 Å². The molecule has 0 radical (unpaired) electrons. The van der Waals surface area contributed by atoms with Crippen molar-refractivity contribution in [2.24, 2.45) is 0 Å². The van der Waals surface area contributed by atoms with Gasteiger partial charge in [-0.05, 0) is 87.4 Å². The van der Waals surface area contributed by atoms with Gasteiger partial charge in [0.05, 0.1) is 12.7 Å². The highest BCUT2D eigenvalue weighted by molar-refractivity contribution is 6.07. The summed E-state index contributed by atoms with van der Waals surface area (Å²) in [6.07, 6.45) is -10.8. The molecule has 3 amide bonds. The molecule has 3 rings (SSSR count). The smallest absolute Gasteiger partial charge is 0.430 e. The fourth-order valence-electron chi connectivity index (χ4n) is 5.35. The van der Waals surface area contributed by atoms with E-state index in [0.29, 0.717) is 25.0 Å². The van der Waals surface area contributed by atoms with Crippen molar-refractivity contribution >= 4 is 11.9 Å². The molecular weight excluding hydrogens is 625 g/mol. The van der Waals surface area contributed by atoms with E-state index in [-0.39, 0.29) is 73.1 Å². The van der Waals surface area contributed by atoms with E-state index >= 15 is 0 Å². The molecule has 14 heteroatoms. The Morgan fingerprint density at radius 2 is 1.50 bits per heavy atom. The van der Waals surface area contributed by atoms with E-state index in [2.05, 4.69) is 5.32 Å². The summed E-state index contributed by atoms with van der Waals surface area (Å²) in [5.41, 5.74) is -7.49. The molecule has 1 unspecified atom stereocenters. The van der Waals surface area contributed by atoms with Gasteiger partial charge in [-0.15, -0.1) is 0 Å². The number of rotatable bonds is 14. The van der Waals surface area contributed by atoms with Crippen LogP contribution in [0, 0.1) is 5.82 Å². The number of halogens is 7. The minimum absolute atomic E-state index is 0.00574. The number of aryl methyl sites for hydroxylation is 2. The van der Waals surface area contributed by atoms with Gasteiger partial charge < -0.3 is 19.9 Å². The van der Waals surface area contributed by atoms with Crippen LogP contribution in [-0.4, -0.2) is 53.6 Å². The SMILES string of the molecule is CCCc1cc(C(O)(C(F)(F)F)C(F)(F)F)cc(CCC)c1OCCCCN1C(=O)NC(C)(c2ccc(OC(C)C)c(F)c2)C1=O. The van der Waals surface area contributed by atoms with Crippen LogP contribution in [-0.2, 0) is 28.8 Å². The molecule has 1 aliphatic rings. The third-order valence-electron chi connectivity index (χ3n) is 7.69. The number of alkyl halides is 6. The minimum Gasteiger partial charge on any atom is -0.493 e. The lowest BCUT2D eigenvalue weighted by atomic mass is 9.87. The van der Waals surface area contributed by atoms with Crippen LogP contribution >= 0.6 is 0 Å². The van der Waals surface area contributed by atoms with E-state index in [1.807, 2.05) is 0 Å². The highest BCUT2D eigenvalue weighted by Crippen LogP contribution is 2.51. The highest BCUT2D eigenvalue weighted by Gasteiger charge is 2.71. The second-order valence-corrected chi connectivity index (χ2v) is 11.7. The van der Waals surface area contributed by atoms with Crippen molar-refractivity contribution in [1.29, 1.82) is 0 Å².